The van der Waals surface area contributed by atoms with Crippen LogP contribution in [0.25, 0.3) is 11.0 Å². The first-order valence-corrected chi connectivity index (χ1v) is 7.16. The van der Waals surface area contributed by atoms with E-state index in [1.807, 2.05) is 0 Å². The predicted octanol–water partition coefficient (Wildman–Crippen LogP) is 4.59. The number of nitro benzene ring substituents is 1. The van der Waals surface area contributed by atoms with E-state index < -0.39 is 4.92 Å². The first kappa shape index (κ1) is 14.1. The number of rotatable bonds is 3. The second-order valence-electron chi connectivity index (χ2n) is 3.98. The van der Waals surface area contributed by atoms with Crippen LogP contribution >= 0.6 is 35.0 Å². The third-order valence-corrected chi connectivity index (χ3v) is 4.45. The van der Waals surface area contributed by atoms with E-state index in [0.29, 0.717) is 20.5 Å². The minimum Gasteiger partial charge on any atom is -0.258 e. The van der Waals surface area contributed by atoms with Crippen molar-refractivity contribution in [3.05, 3.63) is 50.5 Å². The molecule has 1 heterocycles. The summed E-state index contributed by atoms with van der Waals surface area (Å²) in [5.41, 5.74) is 0.271. The lowest BCUT2D eigenvalue weighted by Gasteiger charge is -2.04. The summed E-state index contributed by atoms with van der Waals surface area (Å²) in [6.45, 7) is 0. The van der Waals surface area contributed by atoms with Gasteiger partial charge in [-0.15, -0.1) is 0 Å². The molecule has 3 rings (SSSR count). The minimum absolute atomic E-state index is 0.107. The Balaban J connectivity index is 2.07. The van der Waals surface area contributed by atoms with E-state index in [-0.39, 0.29) is 11.2 Å². The Bertz CT molecular complexity index is 853. The highest BCUT2D eigenvalue weighted by Crippen LogP contribution is 2.39. The van der Waals surface area contributed by atoms with Gasteiger partial charge in [-0.25, -0.2) is 4.63 Å². The second-order valence-corrected chi connectivity index (χ2v) is 5.91. The maximum atomic E-state index is 10.9. The molecule has 0 aliphatic carbocycles. The number of halogens is 2. The fraction of sp³-hybridized carbons (Fsp3) is 0. The highest BCUT2D eigenvalue weighted by molar-refractivity contribution is 7.99. The normalized spacial score (nSPS) is 11.0. The summed E-state index contributed by atoms with van der Waals surface area (Å²) in [6.07, 6.45) is 0. The van der Waals surface area contributed by atoms with Crippen molar-refractivity contribution in [2.24, 2.45) is 0 Å². The van der Waals surface area contributed by atoms with Crippen LogP contribution in [-0.2, 0) is 0 Å². The number of nitro groups is 1. The zero-order valence-corrected chi connectivity index (χ0v) is 12.4. The Hall–Kier alpha value is -1.83. The second kappa shape index (κ2) is 5.51. The molecule has 9 heteroatoms. The first-order chi connectivity index (χ1) is 10.1. The van der Waals surface area contributed by atoms with Crippen LogP contribution < -0.4 is 0 Å². The van der Waals surface area contributed by atoms with Gasteiger partial charge in [-0.3, -0.25) is 10.1 Å². The smallest absolute Gasteiger partial charge is 0.258 e. The lowest BCUT2D eigenvalue weighted by atomic mass is 10.3. The van der Waals surface area contributed by atoms with Crippen molar-refractivity contribution in [2.75, 3.05) is 0 Å². The molecule has 6 nitrogen and oxygen atoms in total. The molecule has 0 saturated heterocycles. The highest BCUT2D eigenvalue weighted by atomic mass is 35.5. The Morgan fingerprint density at radius 1 is 1.10 bits per heavy atom. The Morgan fingerprint density at radius 3 is 2.52 bits per heavy atom. The van der Waals surface area contributed by atoms with Gasteiger partial charge in [0.1, 0.15) is 0 Å². The fourth-order valence-electron chi connectivity index (χ4n) is 1.74. The largest absolute Gasteiger partial charge is 0.300 e. The summed E-state index contributed by atoms with van der Waals surface area (Å²) in [6, 6.07) is 8.03. The van der Waals surface area contributed by atoms with Crippen molar-refractivity contribution in [1.29, 1.82) is 0 Å². The Morgan fingerprint density at radius 2 is 1.81 bits per heavy atom. The lowest BCUT2D eigenvalue weighted by Crippen LogP contribution is -1.90. The van der Waals surface area contributed by atoms with Crippen molar-refractivity contribution < 1.29 is 9.55 Å². The van der Waals surface area contributed by atoms with E-state index in [1.54, 1.807) is 24.3 Å². The maximum absolute atomic E-state index is 10.9. The van der Waals surface area contributed by atoms with Gasteiger partial charge in [0.15, 0.2) is 5.52 Å². The molecule has 0 fully saturated rings. The first-order valence-electron chi connectivity index (χ1n) is 5.59. The molecule has 106 valence electrons. The van der Waals surface area contributed by atoms with Crippen LogP contribution in [0.1, 0.15) is 0 Å². The van der Waals surface area contributed by atoms with Crippen molar-refractivity contribution in [3.8, 4) is 0 Å². The molecule has 2 aromatic carbocycles. The zero-order chi connectivity index (χ0) is 15.0. The molecule has 0 atom stereocenters. The van der Waals surface area contributed by atoms with Gasteiger partial charge >= 0.3 is 5.69 Å². The molecule has 0 aliphatic heterocycles. The van der Waals surface area contributed by atoms with Crippen LogP contribution in [0, 0.1) is 10.1 Å². The molecular formula is C12H5Cl2N3O3S. The summed E-state index contributed by atoms with van der Waals surface area (Å²) >= 11 is 13.3. The van der Waals surface area contributed by atoms with Gasteiger partial charge in [0.25, 0.3) is 0 Å². The highest BCUT2D eigenvalue weighted by Gasteiger charge is 2.20. The molecule has 0 spiro atoms. The van der Waals surface area contributed by atoms with Crippen LogP contribution in [0.3, 0.4) is 0 Å². The molecule has 0 aliphatic rings. The van der Waals surface area contributed by atoms with Gasteiger partial charge in [0.2, 0.25) is 5.52 Å². The van der Waals surface area contributed by atoms with Crippen LogP contribution in [0.4, 0.5) is 5.69 Å². The monoisotopic (exact) mass is 341 g/mol. The van der Waals surface area contributed by atoms with Crippen molar-refractivity contribution >= 4 is 51.7 Å². The number of hydrogen-bond acceptors (Lipinski definition) is 6. The Kier molecular flexibility index (Phi) is 3.71. The molecule has 0 unspecified atom stereocenters. The summed E-state index contributed by atoms with van der Waals surface area (Å²) in [5.74, 6) is 0. The van der Waals surface area contributed by atoms with E-state index in [0.717, 1.165) is 4.90 Å². The van der Waals surface area contributed by atoms with Gasteiger partial charge < -0.3 is 0 Å². The third kappa shape index (κ3) is 2.67. The van der Waals surface area contributed by atoms with Crippen molar-refractivity contribution in [1.82, 2.24) is 10.3 Å². The van der Waals surface area contributed by atoms with Gasteiger partial charge in [0.05, 0.1) is 9.95 Å². The van der Waals surface area contributed by atoms with E-state index in [2.05, 4.69) is 14.9 Å². The molecule has 0 saturated carbocycles. The van der Waals surface area contributed by atoms with E-state index in [9.17, 15) is 10.1 Å². The summed E-state index contributed by atoms with van der Waals surface area (Å²) in [7, 11) is 0. The fourth-order valence-corrected chi connectivity index (χ4v) is 3.16. The number of non-ortho nitro benzene ring substituents is 1. The quantitative estimate of drug-likeness (QED) is 0.511. The maximum Gasteiger partial charge on any atom is 0.300 e. The number of hydrogen-bond donors (Lipinski definition) is 0. The molecule has 0 bridgehead atoms. The van der Waals surface area contributed by atoms with Gasteiger partial charge in [-0.2, -0.15) is 0 Å². The predicted molar refractivity (Wildman–Crippen MR) is 79.0 cm³/mol. The molecule has 0 amide bonds. The van der Waals surface area contributed by atoms with E-state index in [4.69, 9.17) is 23.2 Å². The van der Waals surface area contributed by atoms with Crippen LogP contribution in [0.15, 0.2) is 44.8 Å². The van der Waals surface area contributed by atoms with Gasteiger partial charge in [-0.1, -0.05) is 35.0 Å². The standard InChI is InChI=1S/C12H5Cl2N3O3S/c13-6-1-3-9(7(14)5-6)21-10-4-2-8(17(18)19)11-12(10)16-20-15-11/h1-5H. The van der Waals surface area contributed by atoms with Crippen LogP contribution in [0.5, 0.6) is 0 Å². The topological polar surface area (TPSA) is 82.1 Å². The van der Waals surface area contributed by atoms with Crippen molar-refractivity contribution in [2.45, 2.75) is 9.79 Å². The SMILES string of the molecule is O=[N+]([O-])c1ccc(Sc2ccc(Cl)cc2Cl)c2nonc12. The van der Waals surface area contributed by atoms with Crippen LogP contribution in [0.2, 0.25) is 10.0 Å². The number of nitrogens with zero attached hydrogens (tertiary/aromatic N) is 3. The van der Waals surface area contributed by atoms with E-state index in [1.165, 1.54) is 17.8 Å². The van der Waals surface area contributed by atoms with Crippen LogP contribution in [-0.4, -0.2) is 15.2 Å². The van der Waals surface area contributed by atoms with Gasteiger partial charge in [0, 0.05) is 20.9 Å². The molecule has 21 heavy (non-hydrogen) atoms. The summed E-state index contributed by atoms with van der Waals surface area (Å²) < 4.78 is 4.61. The lowest BCUT2D eigenvalue weighted by molar-refractivity contribution is -0.383. The third-order valence-electron chi connectivity index (χ3n) is 2.67. The Labute approximate surface area is 132 Å². The van der Waals surface area contributed by atoms with Gasteiger partial charge in [-0.05, 0) is 34.6 Å². The molecular weight excluding hydrogens is 337 g/mol. The van der Waals surface area contributed by atoms with Crippen molar-refractivity contribution in [3.63, 3.8) is 0 Å². The average Bonchev–Trinajstić information content (AvgIpc) is 2.91. The van der Waals surface area contributed by atoms with E-state index >= 15 is 0 Å². The average molecular weight is 342 g/mol. The number of fused-ring (bicyclic) bond motifs is 1. The molecule has 0 radical (unpaired) electrons. The molecule has 1 aromatic heterocycles. The minimum atomic E-state index is -0.531. The summed E-state index contributed by atoms with van der Waals surface area (Å²) in [4.78, 5) is 11.8. The zero-order valence-electron chi connectivity index (χ0n) is 10.1. The molecule has 3 aromatic rings. The number of aromatic nitrogens is 2. The summed E-state index contributed by atoms with van der Waals surface area (Å²) in [5, 5.41) is 19.2. The number of benzene rings is 2. The molecule has 0 N–H and O–H groups in total.